The number of hydrogen-bond donors (Lipinski definition) is 1. The fourth-order valence-corrected chi connectivity index (χ4v) is 2.76. The Morgan fingerprint density at radius 3 is 2.86 bits per heavy atom. The summed E-state index contributed by atoms with van der Waals surface area (Å²) < 4.78 is 5.06. The van der Waals surface area contributed by atoms with Gasteiger partial charge in [-0.25, -0.2) is 4.98 Å². The first kappa shape index (κ1) is 9.93. The van der Waals surface area contributed by atoms with Gasteiger partial charge in [0.15, 0.2) is 0 Å². The number of ether oxygens (including phenoxy) is 1. The van der Waals surface area contributed by atoms with E-state index in [9.17, 15) is 0 Å². The predicted molar refractivity (Wildman–Crippen MR) is 57.6 cm³/mol. The summed E-state index contributed by atoms with van der Waals surface area (Å²) in [6.45, 7) is 0. The molecular weight excluding hydrogens is 196 g/mol. The van der Waals surface area contributed by atoms with E-state index in [1.807, 2.05) is 5.38 Å². The molecule has 2 rings (SSSR count). The van der Waals surface area contributed by atoms with Crippen molar-refractivity contribution in [1.29, 1.82) is 0 Å². The van der Waals surface area contributed by atoms with Crippen LogP contribution in [-0.2, 0) is 0 Å². The zero-order valence-electron chi connectivity index (χ0n) is 8.40. The van der Waals surface area contributed by atoms with Gasteiger partial charge in [0.1, 0.15) is 0 Å². The Kier molecular flexibility index (Phi) is 3.03. The molecule has 1 atom stereocenters. The van der Waals surface area contributed by atoms with E-state index in [1.165, 1.54) is 37.0 Å². The second-order valence-electron chi connectivity index (χ2n) is 3.81. The molecule has 0 saturated heterocycles. The Balaban J connectivity index is 2.05. The largest absolute Gasteiger partial charge is 0.473 e. The lowest BCUT2D eigenvalue weighted by Crippen LogP contribution is -2.19. The van der Waals surface area contributed by atoms with E-state index >= 15 is 0 Å². The van der Waals surface area contributed by atoms with Crippen molar-refractivity contribution in [3.8, 4) is 5.19 Å². The summed E-state index contributed by atoms with van der Waals surface area (Å²) >= 11 is 1.52. The molecule has 1 aliphatic carbocycles. The van der Waals surface area contributed by atoms with Crippen molar-refractivity contribution >= 4 is 11.3 Å². The highest BCUT2D eigenvalue weighted by Gasteiger charge is 2.24. The van der Waals surface area contributed by atoms with Crippen LogP contribution >= 0.6 is 11.3 Å². The molecule has 3 nitrogen and oxygen atoms in total. The predicted octanol–water partition coefficient (Wildman–Crippen LogP) is 2.34. The number of nitrogens with zero attached hydrogens (tertiary/aromatic N) is 1. The molecule has 1 saturated carbocycles. The van der Waals surface area contributed by atoms with Gasteiger partial charge in [-0.2, -0.15) is 0 Å². The summed E-state index contributed by atoms with van der Waals surface area (Å²) in [5, 5.41) is 2.73. The standard InChI is InChI=1S/C10H16N2OS/c1-13-10-12-8(6-14-10)9(11)7-4-2-3-5-7/h6-7,9H,2-5,11H2,1H3. The Bertz CT molecular complexity index is 294. The van der Waals surface area contributed by atoms with Crippen LogP contribution in [0.15, 0.2) is 5.38 Å². The Morgan fingerprint density at radius 2 is 2.29 bits per heavy atom. The van der Waals surface area contributed by atoms with Crippen molar-refractivity contribution < 1.29 is 4.74 Å². The number of thiazole rings is 1. The molecule has 2 N–H and O–H groups in total. The quantitative estimate of drug-likeness (QED) is 0.836. The van der Waals surface area contributed by atoms with E-state index < -0.39 is 0 Å². The molecule has 0 aliphatic heterocycles. The summed E-state index contributed by atoms with van der Waals surface area (Å²) in [6.07, 6.45) is 5.14. The van der Waals surface area contributed by atoms with E-state index in [0.717, 1.165) is 5.69 Å². The summed E-state index contributed by atoms with van der Waals surface area (Å²) in [5.74, 6) is 0.627. The molecule has 1 fully saturated rings. The van der Waals surface area contributed by atoms with E-state index in [-0.39, 0.29) is 6.04 Å². The molecule has 14 heavy (non-hydrogen) atoms. The molecule has 0 radical (unpaired) electrons. The van der Waals surface area contributed by atoms with Gasteiger partial charge in [0.2, 0.25) is 0 Å². The molecule has 1 aromatic rings. The molecule has 1 unspecified atom stereocenters. The summed E-state index contributed by atoms with van der Waals surface area (Å²) in [6, 6.07) is 0.109. The smallest absolute Gasteiger partial charge is 0.273 e. The first-order chi connectivity index (χ1) is 6.81. The minimum absolute atomic E-state index is 0.109. The number of aromatic nitrogens is 1. The maximum absolute atomic E-state index is 6.16. The second kappa shape index (κ2) is 4.28. The zero-order chi connectivity index (χ0) is 9.97. The van der Waals surface area contributed by atoms with Crippen molar-refractivity contribution in [1.82, 2.24) is 4.98 Å². The SMILES string of the molecule is COc1nc(C(N)C2CCCC2)cs1. The summed E-state index contributed by atoms with van der Waals surface area (Å²) in [7, 11) is 1.64. The van der Waals surface area contributed by atoms with Crippen LogP contribution in [0.4, 0.5) is 0 Å². The zero-order valence-corrected chi connectivity index (χ0v) is 9.22. The average molecular weight is 212 g/mol. The number of nitrogens with two attached hydrogens (primary N) is 1. The van der Waals surface area contributed by atoms with E-state index in [4.69, 9.17) is 10.5 Å². The fraction of sp³-hybridized carbons (Fsp3) is 0.700. The average Bonchev–Trinajstić information content (AvgIpc) is 2.88. The van der Waals surface area contributed by atoms with Crippen molar-refractivity contribution in [2.24, 2.45) is 11.7 Å². The lowest BCUT2D eigenvalue weighted by Gasteiger charge is -2.15. The van der Waals surface area contributed by atoms with Crippen molar-refractivity contribution in [3.63, 3.8) is 0 Å². The number of methoxy groups -OCH3 is 1. The van der Waals surface area contributed by atoms with Crippen molar-refractivity contribution in [2.45, 2.75) is 31.7 Å². The highest BCUT2D eigenvalue weighted by Crippen LogP contribution is 2.35. The van der Waals surface area contributed by atoms with Gasteiger partial charge in [-0.3, -0.25) is 0 Å². The van der Waals surface area contributed by atoms with Gasteiger partial charge < -0.3 is 10.5 Å². The molecule has 0 spiro atoms. The lowest BCUT2D eigenvalue weighted by molar-refractivity contribution is 0.401. The van der Waals surface area contributed by atoms with E-state index in [0.29, 0.717) is 11.1 Å². The summed E-state index contributed by atoms with van der Waals surface area (Å²) in [5.41, 5.74) is 7.16. The third-order valence-electron chi connectivity index (χ3n) is 2.92. The Labute approximate surface area is 88.3 Å². The molecule has 4 heteroatoms. The highest BCUT2D eigenvalue weighted by atomic mass is 32.1. The van der Waals surface area contributed by atoms with Gasteiger partial charge >= 0.3 is 0 Å². The normalized spacial score (nSPS) is 19.9. The minimum atomic E-state index is 0.109. The molecular formula is C10H16N2OS. The topological polar surface area (TPSA) is 48.1 Å². The third-order valence-corrected chi connectivity index (χ3v) is 3.74. The van der Waals surface area contributed by atoms with Crippen LogP contribution in [0.2, 0.25) is 0 Å². The van der Waals surface area contributed by atoms with Crippen LogP contribution in [0, 0.1) is 5.92 Å². The van der Waals surface area contributed by atoms with Gasteiger partial charge in [-0.15, -0.1) is 0 Å². The first-order valence-corrected chi connectivity index (χ1v) is 5.94. The van der Waals surface area contributed by atoms with Gasteiger partial charge in [0, 0.05) is 5.38 Å². The maximum Gasteiger partial charge on any atom is 0.273 e. The third kappa shape index (κ3) is 1.91. The molecule has 1 aromatic heterocycles. The maximum atomic E-state index is 6.16. The molecule has 0 bridgehead atoms. The van der Waals surface area contributed by atoms with Gasteiger partial charge in [-0.05, 0) is 18.8 Å². The molecule has 1 heterocycles. The molecule has 78 valence electrons. The molecule has 0 amide bonds. The second-order valence-corrected chi connectivity index (χ2v) is 4.63. The highest BCUT2D eigenvalue weighted by molar-refractivity contribution is 7.11. The lowest BCUT2D eigenvalue weighted by atomic mass is 9.97. The molecule has 0 aromatic carbocycles. The van der Waals surface area contributed by atoms with Crippen LogP contribution in [0.5, 0.6) is 5.19 Å². The fourth-order valence-electron chi connectivity index (χ4n) is 2.07. The van der Waals surface area contributed by atoms with E-state index in [2.05, 4.69) is 4.98 Å². The van der Waals surface area contributed by atoms with Gasteiger partial charge in [0.25, 0.3) is 5.19 Å². The van der Waals surface area contributed by atoms with Gasteiger partial charge in [0.05, 0.1) is 18.8 Å². The van der Waals surface area contributed by atoms with Crippen LogP contribution in [0.1, 0.15) is 37.4 Å². The Hall–Kier alpha value is -0.610. The number of hydrogen-bond acceptors (Lipinski definition) is 4. The first-order valence-electron chi connectivity index (χ1n) is 5.06. The van der Waals surface area contributed by atoms with Gasteiger partial charge in [-0.1, -0.05) is 24.2 Å². The van der Waals surface area contributed by atoms with Crippen LogP contribution < -0.4 is 10.5 Å². The van der Waals surface area contributed by atoms with Crippen molar-refractivity contribution in [3.05, 3.63) is 11.1 Å². The minimum Gasteiger partial charge on any atom is -0.473 e. The number of rotatable bonds is 3. The van der Waals surface area contributed by atoms with Crippen LogP contribution in [-0.4, -0.2) is 12.1 Å². The van der Waals surface area contributed by atoms with Crippen LogP contribution in [0.3, 0.4) is 0 Å². The Morgan fingerprint density at radius 1 is 1.57 bits per heavy atom. The van der Waals surface area contributed by atoms with Crippen molar-refractivity contribution in [2.75, 3.05) is 7.11 Å². The molecule has 1 aliphatic rings. The van der Waals surface area contributed by atoms with E-state index in [1.54, 1.807) is 7.11 Å². The van der Waals surface area contributed by atoms with Crippen LogP contribution in [0.25, 0.3) is 0 Å². The summed E-state index contributed by atoms with van der Waals surface area (Å²) in [4.78, 5) is 4.34. The monoisotopic (exact) mass is 212 g/mol.